The molecule has 0 aromatic heterocycles. The molecule has 0 spiro atoms. The maximum absolute atomic E-state index is 12.3. The molecule has 0 fully saturated rings. The molecule has 0 saturated heterocycles. The lowest BCUT2D eigenvalue weighted by atomic mass is 10.9. The molecule has 13 heavy (non-hydrogen) atoms. The van der Waals surface area contributed by atoms with E-state index < -0.39 is 14.9 Å². The second-order valence-corrected chi connectivity index (χ2v) is 13.9. The van der Waals surface area contributed by atoms with Crippen molar-refractivity contribution in [2.45, 2.75) is 38.9 Å². The molecule has 0 saturated carbocycles. The molecule has 0 atom stereocenters. The second kappa shape index (κ2) is 5.30. The molecule has 3 nitrogen and oxygen atoms in total. The van der Waals surface area contributed by atoms with E-state index in [1.807, 2.05) is 0 Å². The van der Waals surface area contributed by atoms with Gasteiger partial charge in [0.25, 0.3) is 7.14 Å². The van der Waals surface area contributed by atoms with E-state index in [0.29, 0.717) is 0 Å². The van der Waals surface area contributed by atoms with Crippen LogP contribution in [0.25, 0.3) is 0 Å². The van der Waals surface area contributed by atoms with Gasteiger partial charge in [-0.3, -0.25) is 4.57 Å². The van der Waals surface area contributed by atoms with Gasteiger partial charge in [0, 0.05) is 14.2 Å². The van der Waals surface area contributed by atoms with Gasteiger partial charge in [0.05, 0.1) is 0 Å². The van der Waals surface area contributed by atoms with Gasteiger partial charge in [-0.25, -0.2) is 0 Å². The van der Waals surface area contributed by atoms with Crippen LogP contribution in [-0.2, 0) is 13.6 Å². The Hall–Kier alpha value is 0.367. The van der Waals surface area contributed by atoms with Crippen LogP contribution in [0.1, 0.15) is 20.8 Å². The maximum Gasteiger partial charge on any atom is 0.297 e. The largest absolute Gasteiger partial charge is 0.316 e. The summed E-state index contributed by atoms with van der Waals surface area (Å²) in [6, 6.07) is 2.87. The van der Waals surface area contributed by atoms with Crippen LogP contribution in [0, 0.1) is 0 Å². The Bertz CT molecular complexity index is 176. The van der Waals surface area contributed by atoms with Crippen LogP contribution in [0.3, 0.4) is 0 Å². The highest BCUT2D eigenvalue weighted by Crippen LogP contribution is 2.60. The van der Waals surface area contributed by atoms with Crippen molar-refractivity contribution in [1.82, 2.24) is 0 Å². The molecule has 0 radical (unpaired) electrons. The van der Waals surface area contributed by atoms with Crippen LogP contribution in [0.2, 0.25) is 18.1 Å². The average molecular weight is 224 g/mol. The van der Waals surface area contributed by atoms with Crippen molar-refractivity contribution < 1.29 is 13.6 Å². The minimum absolute atomic E-state index is 0.957. The third-order valence-electron chi connectivity index (χ3n) is 3.04. The van der Waals surface area contributed by atoms with Gasteiger partial charge < -0.3 is 9.05 Å². The molecule has 0 aliphatic carbocycles. The first-order valence-corrected chi connectivity index (χ1v) is 9.78. The monoisotopic (exact) mass is 224 g/mol. The quantitative estimate of drug-likeness (QED) is 0.512. The van der Waals surface area contributed by atoms with E-state index in [-0.39, 0.29) is 0 Å². The van der Waals surface area contributed by atoms with Crippen LogP contribution < -0.4 is 0 Å². The van der Waals surface area contributed by atoms with Crippen LogP contribution >= 0.6 is 7.14 Å². The molecule has 0 heterocycles. The topological polar surface area (TPSA) is 35.5 Å². The van der Waals surface area contributed by atoms with Crippen LogP contribution in [-0.4, -0.2) is 22.0 Å². The third-order valence-corrected chi connectivity index (χ3v) is 16.5. The zero-order valence-corrected chi connectivity index (χ0v) is 11.2. The molecular formula is C8H21O3PSi. The standard InChI is InChI=1S/C8H21O3PSi/c1-6-13(7-2,8-3)12(9,10-4)11-5/h6-8H2,1-5H3. The van der Waals surface area contributed by atoms with Crippen molar-refractivity contribution in [3.63, 3.8) is 0 Å². The van der Waals surface area contributed by atoms with Crippen molar-refractivity contribution >= 4 is 14.9 Å². The van der Waals surface area contributed by atoms with E-state index in [1.54, 1.807) is 0 Å². The molecule has 0 aromatic rings. The fraction of sp³-hybridized carbons (Fsp3) is 1.00. The summed E-state index contributed by atoms with van der Waals surface area (Å²) in [7, 11) is -1.66. The summed E-state index contributed by atoms with van der Waals surface area (Å²) in [5, 5.41) is 0. The van der Waals surface area contributed by atoms with Gasteiger partial charge in [-0.1, -0.05) is 20.8 Å². The fourth-order valence-electron chi connectivity index (χ4n) is 1.79. The smallest absolute Gasteiger partial charge is 0.297 e. The average Bonchev–Trinajstić information content (AvgIpc) is 2.20. The Kier molecular flexibility index (Phi) is 5.45. The van der Waals surface area contributed by atoms with E-state index in [4.69, 9.17) is 9.05 Å². The molecule has 0 bridgehead atoms. The molecular weight excluding hydrogens is 203 g/mol. The maximum atomic E-state index is 12.3. The summed E-state index contributed by atoms with van der Waals surface area (Å²) in [5.41, 5.74) is 0. The molecule has 0 aromatic carbocycles. The van der Waals surface area contributed by atoms with Crippen molar-refractivity contribution in [2.24, 2.45) is 0 Å². The molecule has 0 amide bonds. The lowest BCUT2D eigenvalue weighted by molar-refractivity contribution is 0.290. The van der Waals surface area contributed by atoms with Crippen LogP contribution in [0.5, 0.6) is 0 Å². The van der Waals surface area contributed by atoms with Crippen LogP contribution in [0.4, 0.5) is 0 Å². The molecule has 0 rings (SSSR count). The first-order chi connectivity index (χ1) is 6.05. The van der Waals surface area contributed by atoms with Gasteiger partial charge in [-0.05, 0) is 18.1 Å². The zero-order chi connectivity index (χ0) is 10.5. The summed E-state index contributed by atoms with van der Waals surface area (Å²) >= 11 is 0. The molecule has 5 heteroatoms. The minimum atomic E-state index is -2.78. The van der Waals surface area contributed by atoms with E-state index >= 15 is 0 Å². The Morgan fingerprint density at radius 2 is 1.31 bits per heavy atom. The third kappa shape index (κ3) is 2.24. The van der Waals surface area contributed by atoms with Gasteiger partial charge in [0.15, 0.2) is 7.74 Å². The van der Waals surface area contributed by atoms with Gasteiger partial charge in [-0.2, -0.15) is 0 Å². The lowest BCUT2D eigenvalue weighted by Gasteiger charge is -2.33. The molecule has 0 aliphatic rings. The Morgan fingerprint density at radius 1 is 1.00 bits per heavy atom. The Morgan fingerprint density at radius 3 is 1.38 bits per heavy atom. The summed E-state index contributed by atoms with van der Waals surface area (Å²) in [6.07, 6.45) is 0. The molecule has 0 N–H and O–H groups in total. The van der Waals surface area contributed by atoms with E-state index in [1.165, 1.54) is 14.2 Å². The zero-order valence-electron chi connectivity index (χ0n) is 9.29. The van der Waals surface area contributed by atoms with Crippen molar-refractivity contribution in [3.8, 4) is 0 Å². The normalized spacial score (nSPS) is 13.3. The first-order valence-electron chi connectivity index (χ1n) is 4.77. The number of rotatable bonds is 6. The summed E-state index contributed by atoms with van der Waals surface area (Å²) in [5.74, 6) is 0. The summed E-state index contributed by atoms with van der Waals surface area (Å²) < 4.78 is 22.5. The lowest BCUT2D eigenvalue weighted by Crippen LogP contribution is -2.33. The van der Waals surface area contributed by atoms with Crippen molar-refractivity contribution in [2.75, 3.05) is 14.2 Å². The van der Waals surface area contributed by atoms with Crippen molar-refractivity contribution in [3.05, 3.63) is 0 Å². The van der Waals surface area contributed by atoms with Gasteiger partial charge in [0.1, 0.15) is 0 Å². The summed E-state index contributed by atoms with van der Waals surface area (Å²) in [6.45, 7) is 6.26. The Labute approximate surface area is 82.2 Å². The highest BCUT2D eigenvalue weighted by atomic mass is 31.4. The first kappa shape index (κ1) is 13.4. The predicted molar refractivity (Wildman–Crippen MR) is 58.8 cm³/mol. The highest BCUT2D eigenvalue weighted by Gasteiger charge is 2.48. The molecule has 0 aliphatic heterocycles. The van der Waals surface area contributed by atoms with E-state index in [9.17, 15) is 4.57 Å². The SMILES string of the molecule is CC[Si](CC)(CC)P(=O)(OC)OC. The van der Waals surface area contributed by atoms with Crippen molar-refractivity contribution in [1.29, 1.82) is 0 Å². The molecule has 80 valence electrons. The van der Waals surface area contributed by atoms with Gasteiger partial charge in [-0.15, -0.1) is 0 Å². The summed E-state index contributed by atoms with van der Waals surface area (Å²) in [4.78, 5) is 0. The second-order valence-electron chi connectivity index (χ2n) is 3.15. The van der Waals surface area contributed by atoms with Gasteiger partial charge in [0.2, 0.25) is 0 Å². The number of hydrogen-bond donors (Lipinski definition) is 0. The fourth-order valence-corrected chi connectivity index (χ4v) is 11.2. The van der Waals surface area contributed by atoms with E-state index in [2.05, 4.69) is 20.8 Å². The van der Waals surface area contributed by atoms with E-state index in [0.717, 1.165) is 18.1 Å². The predicted octanol–water partition coefficient (Wildman–Crippen LogP) is 3.48. The number of hydrogen-bond acceptors (Lipinski definition) is 3. The van der Waals surface area contributed by atoms with Crippen LogP contribution in [0.15, 0.2) is 0 Å². The Balaban J connectivity index is 5.00. The van der Waals surface area contributed by atoms with Gasteiger partial charge >= 0.3 is 0 Å². The highest BCUT2D eigenvalue weighted by molar-refractivity contribution is 7.93. The molecule has 0 unspecified atom stereocenters. The minimum Gasteiger partial charge on any atom is -0.316 e.